The van der Waals surface area contributed by atoms with Crippen LogP contribution in [0.2, 0.25) is 10.0 Å². The van der Waals surface area contributed by atoms with Crippen molar-refractivity contribution in [1.82, 2.24) is 0 Å². The minimum absolute atomic E-state index is 0.0575. The van der Waals surface area contributed by atoms with Gasteiger partial charge in [0.1, 0.15) is 12.3 Å². The summed E-state index contributed by atoms with van der Waals surface area (Å²) in [5, 5.41) is 13.3. The first-order valence-electron chi connectivity index (χ1n) is 11.7. The van der Waals surface area contributed by atoms with Gasteiger partial charge in [0.05, 0.1) is 29.6 Å². The molecular formula is C28H23Cl2NO5S3. The fraction of sp³-hybridized carbons (Fsp3) is 0.179. The number of aliphatic imine (C=N–C) groups is 1. The molecule has 1 N–H and O–H groups in total. The van der Waals surface area contributed by atoms with Gasteiger partial charge in [-0.1, -0.05) is 41.4 Å². The quantitative estimate of drug-likeness (QED) is 0.147. The predicted molar refractivity (Wildman–Crippen MR) is 159 cm³/mol. The lowest BCUT2D eigenvalue weighted by molar-refractivity contribution is 0.0984. The zero-order valence-corrected chi connectivity index (χ0v) is 24.9. The number of hydrogen-bond donors (Lipinski definition) is 1. The van der Waals surface area contributed by atoms with Crippen molar-refractivity contribution in [2.75, 3.05) is 12.8 Å². The topological polar surface area (TPSA) is 101 Å². The number of carbonyl (C=O) groups excluding carboxylic acids is 2. The summed E-state index contributed by atoms with van der Waals surface area (Å²) in [6, 6.07) is 14.8. The van der Waals surface area contributed by atoms with E-state index in [4.69, 9.17) is 23.2 Å². The van der Waals surface area contributed by atoms with Gasteiger partial charge < -0.3 is 5.11 Å². The molecule has 0 aliphatic heterocycles. The van der Waals surface area contributed by atoms with Crippen LogP contribution < -0.4 is 0 Å². The van der Waals surface area contributed by atoms with E-state index in [0.717, 1.165) is 28.7 Å². The lowest BCUT2D eigenvalue weighted by Gasteiger charge is -2.03. The molecule has 2 aromatic carbocycles. The smallest absolute Gasteiger partial charge is 0.194 e. The second kappa shape index (κ2) is 12.1. The van der Waals surface area contributed by atoms with Gasteiger partial charge in [-0.3, -0.25) is 14.6 Å². The number of aromatic hydroxyl groups is 1. The van der Waals surface area contributed by atoms with E-state index in [-0.39, 0.29) is 35.2 Å². The van der Waals surface area contributed by atoms with Crippen LogP contribution in [0.3, 0.4) is 0 Å². The highest BCUT2D eigenvalue weighted by Crippen LogP contribution is 2.40. The Hall–Kier alpha value is -2.82. The van der Waals surface area contributed by atoms with Crippen molar-refractivity contribution in [3.05, 3.63) is 90.9 Å². The third kappa shape index (κ3) is 7.04. The number of benzene rings is 2. The summed E-state index contributed by atoms with van der Waals surface area (Å²) in [5.41, 5.74) is 2.62. The van der Waals surface area contributed by atoms with Crippen LogP contribution in [0, 0.1) is 0 Å². The molecule has 0 saturated carbocycles. The minimum atomic E-state index is -3.27. The van der Waals surface area contributed by atoms with Crippen molar-refractivity contribution >= 4 is 73.0 Å². The van der Waals surface area contributed by atoms with Crippen molar-refractivity contribution in [1.29, 1.82) is 0 Å². The number of aryl methyl sites for hydroxylation is 1. The molecule has 2 heterocycles. The molecule has 2 aromatic heterocycles. The van der Waals surface area contributed by atoms with E-state index >= 15 is 0 Å². The van der Waals surface area contributed by atoms with Gasteiger partial charge in [-0.2, -0.15) is 0 Å². The van der Waals surface area contributed by atoms with E-state index < -0.39 is 9.84 Å². The highest BCUT2D eigenvalue weighted by molar-refractivity contribution is 7.90. The number of nitrogens with zero attached hydrogens (tertiary/aromatic N) is 1. The van der Waals surface area contributed by atoms with Crippen LogP contribution in [0.1, 0.15) is 43.8 Å². The fourth-order valence-electron chi connectivity index (χ4n) is 3.73. The Balaban J connectivity index is 1.37. The van der Waals surface area contributed by atoms with Crippen molar-refractivity contribution in [3.63, 3.8) is 0 Å². The standard InChI is InChI=1S/C28H23Cl2NO5S3/c1-16(20-15-37-28(27(20)34)18-6-9-21(29)22(30)13-18)31-14-24(33)26-12-11-25(38-26)23(32)10-5-17-3-7-19(8-4-17)39(2,35)36/h3-4,6-9,11-13,15,34H,5,10,14H2,1-2H3. The Morgan fingerprint density at radius 2 is 1.62 bits per heavy atom. The summed E-state index contributed by atoms with van der Waals surface area (Å²) >= 11 is 14.6. The molecule has 11 heteroatoms. The Morgan fingerprint density at radius 3 is 2.26 bits per heavy atom. The molecule has 0 amide bonds. The minimum Gasteiger partial charge on any atom is -0.506 e. The molecular weight excluding hydrogens is 597 g/mol. The molecule has 0 saturated heterocycles. The average Bonchev–Trinajstić information content (AvgIpc) is 3.54. The Bertz CT molecular complexity index is 1690. The van der Waals surface area contributed by atoms with Gasteiger partial charge in [0, 0.05) is 29.3 Å². The number of sulfone groups is 1. The summed E-state index contributed by atoms with van der Waals surface area (Å²) in [4.78, 5) is 31.5. The van der Waals surface area contributed by atoms with Gasteiger partial charge in [-0.15, -0.1) is 22.7 Å². The molecule has 0 spiro atoms. The van der Waals surface area contributed by atoms with Gasteiger partial charge in [0.15, 0.2) is 21.4 Å². The monoisotopic (exact) mass is 619 g/mol. The average molecular weight is 621 g/mol. The zero-order valence-electron chi connectivity index (χ0n) is 20.9. The largest absolute Gasteiger partial charge is 0.506 e. The Kier molecular flexibility index (Phi) is 9.08. The van der Waals surface area contributed by atoms with E-state index in [1.54, 1.807) is 54.8 Å². The number of halogens is 2. The van der Waals surface area contributed by atoms with Crippen LogP contribution in [0.5, 0.6) is 5.75 Å². The summed E-state index contributed by atoms with van der Waals surface area (Å²) in [5.74, 6) is -0.264. The van der Waals surface area contributed by atoms with Crippen LogP contribution in [0.15, 0.2) is 69.9 Å². The molecule has 0 aliphatic carbocycles. The van der Waals surface area contributed by atoms with E-state index in [2.05, 4.69) is 4.99 Å². The number of rotatable bonds is 10. The first-order chi connectivity index (χ1) is 18.4. The maximum Gasteiger partial charge on any atom is 0.194 e. The van der Waals surface area contributed by atoms with Crippen molar-refractivity contribution in [2.24, 2.45) is 4.99 Å². The molecule has 0 unspecified atom stereocenters. The van der Waals surface area contributed by atoms with Crippen LogP contribution >= 0.6 is 45.9 Å². The second-order valence-electron chi connectivity index (χ2n) is 8.78. The van der Waals surface area contributed by atoms with Gasteiger partial charge >= 0.3 is 0 Å². The fourth-order valence-corrected chi connectivity index (χ4v) is 6.56. The third-order valence-electron chi connectivity index (χ3n) is 5.94. The molecule has 0 radical (unpaired) electrons. The number of hydrogen-bond acceptors (Lipinski definition) is 8. The summed E-state index contributed by atoms with van der Waals surface area (Å²) in [6.45, 7) is 1.60. The first kappa shape index (κ1) is 29.2. The molecule has 0 bridgehead atoms. The number of carbonyl (C=O) groups is 2. The normalized spacial score (nSPS) is 12.1. The number of thiophene rings is 2. The maximum atomic E-state index is 12.7. The van der Waals surface area contributed by atoms with Crippen LogP contribution in [0.4, 0.5) is 0 Å². The zero-order chi connectivity index (χ0) is 28.3. The van der Waals surface area contributed by atoms with Gasteiger partial charge in [0.25, 0.3) is 0 Å². The molecule has 0 fully saturated rings. The van der Waals surface area contributed by atoms with Crippen LogP contribution in [0.25, 0.3) is 10.4 Å². The maximum absolute atomic E-state index is 12.7. The van der Waals surface area contributed by atoms with Gasteiger partial charge in [0.2, 0.25) is 0 Å². The van der Waals surface area contributed by atoms with Gasteiger partial charge in [-0.05, 0) is 60.9 Å². The van der Waals surface area contributed by atoms with Crippen LogP contribution in [-0.4, -0.2) is 43.6 Å². The van der Waals surface area contributed by atoms with Crippen LogP contribution in [-0.2, 0) is 16.3 Å². The van der Waals surface area contributed by atoms with E-state index in [1.165, 1.54) is 23.5 Å². The predicted octanol–water partition coefficient (Wildman–Crippen LogP) is 7.40. The number of ketones is 2. The highest BCUT2D eigenvalue weighted by atomic mass is 35.5. The molecule has 6 nitrogen and oxygen atoms in total. The molecule has 0 aliphatic rings. The summed E-state index contributed by atoms with van der Waals surface area (Å²) < 4.78 is 23.2. The third-order valence-corrected chi connectivity index (χ3v) is 10.00. The Labute approximate surface area is 244 Å². The van der Waals surface area contributed by atoms with E-state index in [1.807, 2.05) is 0 Å². The van der Waals surface area contributed by atoms with E-state index in [0.29, 0.717) is 42.4 Å². The number of Topliss-reactive ketones (excluding diaryl/α,β-unsaturated/α-hetero) is 2. The molecule has 39 heavy (non-hydrogen) atoms. The highest BCUT2D eigenvalue weighted by Gasteiger charge is 2.17. The summed E-state index contributed by atoms with van der Waals surface area (Å²) in [7, 11) is -3.27. The lowest BCUT2D eigenvalue weighted by atomic mass is 10.1. The van der Waals surface area contributed by atoms with Crippen molar-refractivity contribution in [3.8, 4) is 16.2 Å². The SMILES string of the molecule is CC(=NCC(=O)c1ccc(C(=O)CCc2ccc(S(C)(=O)=O)cc2)s1)c1csc(-c2ccc(Cl)c(Cl)c2)c1O. The second-order valence-corrected chi connectivity index (χ2v) is 13.6. The molecule has 202 valence electrons. The lowest BCUT2D eigenvalue weighted by Crippen LogP contribution is -2.04. The Morgan fingerprint density at radius 1 is 0.949 bits per heavy atom. The molecule has 4 rings (SSSR count). The molecule has 0 atom stereocenters. The summed E-state index contributed by atoms with van der Waals surface area (Å²) in [6.07, 6.45) is 1.85. The van der Waals surface area contributed by atoms with E-state index in [9.17, 15) is 23.1 Å². The first-order valence-corrected chi connectivity index (χ1v) is 16.0. The molecule has 4 aromatic rings. The van der Waals surface area contributed by atoms with Crippen molar-refractivity contribution in [2.45, 2.75) is 24.7 Å². The van der Waals surface area contributed by atoms with Gasteiger partial charge in [-0.25, -0.2) is 8.42 Å². The van der Waals surface area contributed by atoms with Crippen molar-refractivity contribution < 1.29 is 23.1 Å².